The van der Waals surface area contributed by atoms with Crippen molar-refractivity contribution in [2.75, 3.05) is 12.4 Å². The maximum Gasteiger partial charge on any atom is 0.227 e. The molecule has 98 valence electrons. The van der Waals surface area contributed by atoms with Gasteiger partial charge in [0.1, 0.15) is 5.75 Å². The van der Waals surface area contributed by atoms with Crippen molar-refractivity contribution in [2.45, 2.75) is 33.6 Å². The van der Waals surface area contributed by atoms with Crippen LogP contribution < -0.4 is 10.1 Å². The van der Waals surface area contributed by atoms with Gasteiger partial charge in [0.15, 0.2) is 0 Å². The highest BCUT2D eigenvalue weighted by atomic mass is 16.5. The van der Waals surface area contributed by atoms with Crippen LogP contribution in [0.1, 0.15) is 32.8 Å². The van der Waals surface area contributed by atoms with Gasteiger partial charge in [0.05, 0.1) is 7.11 Å². The van der Waals surface area contributed by atoms with Gasteiger partial charge in [-0.15, -0.1) is 0 Å². The minimum Gasteiger partial charge on any atom is -0.497 e. The number of methoxy groups -OCH3 is 1. The Hall–Kier alpha value is -1.51. The third-order valence-corrected chi connectivity index (χ3v) is 3.27. The molecule has 2 rings (SSSR count). The number of amides is 1. The molecular formula is C15H21NO2. The SMILES string of the molecule is COc1ccc2c(c1)NC(=O)C(CC(C)(C)C)C2. The largest absolute Gasteiger partial charge is 0.497 e. The molecule has 3 heteroatoms. The molecule has 1 amide bonds. The Morgan fingerprint density at radius 3 is 2.72 bits per heavy atom. The fourth-order valence-electron chi connectivity index (χ4n) is 2.47. The molecule has 0 bridgehead atoms. The Morgan fingerprint density at radius 2 is 2.11 bits per heavy atom. The third kappa shape index (κ3) is 2.84. The molecule has 1 heterocycles. The maximum atomic E-state index is 12.1. The summed E-state index contributed by atoms with van der Waals surface area (Å²) in [5.74, 6) is 0.986. The summed E-state index contributed by atoms with van der Waals surface area (Å²) in [4.78, 5) is 12.1. The lowest BCUT2D eigenvalue weighted by molar-refractivity contribution is -0.121. The Balaban J connectivity index is 2.21. The molecule has 0 aromatic heterocycles. The predicted molar refractivity (Wildman–Crippen MR) is 72.9 cm³/mol. The fourth-order valence-corrected chi connectivity index (χ4v) is 2.47. The second kappa shape index (κ2) is 4.63. The summed E-state index contributed by atoms with van der Waals surface area (Å²) < 4.78 is 5.17. The van der Waals surface area contributed by atoms with E-state index >= 15 is 0 Å². The van der Waals surface area contributed by atoms with Gasteiger partial charge in [0.25, 0.3) is 0 Å². The highest BCUT2D eigenvalue weighted by molar-refractivity contribution is 5.96. The molecule has 1 unspecified atom stereocenters. The molecular weight excluding hydrogens is 226 g/mol. The number of fused-ring (bicyclic) bond motifs is 1. The van der Waals surface area contributed by atoms with Gasteiger partial charge in [-0.25, -0.2) is 0 Å². The van der Waals surface area contributed by atoms with Gasteiger partial charge in [-0.3, -0.25) is 4.79 Å². The fraction of sp³-hybridized carbons (Fsp3) is 0.533. The minimum absolute atomic E-state index is 0.0749. The van der Waals surface area contributed by atoms with Crippen LogP contribution in [-0.4, -0.2) is 13.0 Å². The Morgan fingerprint density at radius 1 is 1.39 bits per heavy atom. The first-order valence-corrected chi connectivity index (χ1v) is 6.37. The highest BCUT2D eigenvalue weighted by Crippen LogP contribution is 2.34. The zero-order chi connectivity index (χ0) is 13.3. The van der Waals surface area contributed by atoms with E-state index in [1.807, 2.05) is 18.2 Å². The molecule has 1 aromatic rings. The summed E-state index contributed by atoms with van der Waals surface area (Å²) in [6, 6.07) is 5.88. The van der Waals surface area contributed by atoms with E-state index in [4.69, 9.17) is 4.74 Å². The lowest BCUT2D eigenvalue weighted by atomic mass is 9.80. The number of hydrogen-bond donors (Lipinski definition) is 1. The molecule has 18 heavy (non-hydrogen) atoms. The summed E-state index contributed by atoms with van der Waals surface area (Å²) in [5, 5.41) is 2.99. The van der Waals surface area contributed by atoms with Gasteiger partial charge in [0, 0.05) is 17.7 Å². The van der Waals surface area contributed by atoms with Crippen LogP contribution in [0.15, 0.2) is 18.2 Å². The first kappa shape index (κ1) is 12.9. The van der Waals surface area contributed by atoms with E-state index in [-0.39, 0.29) is 17.2 Å². The van der Waals surface area contributed by atoms with Crippen molar-refractivity contribution in [1.82, 2.24) is 0 Å². The second-order valence-corrected chi connectivity index (χ2v) is 6.18. The van der Waals surface area contributed by atoms with Gasteiger partial charge in [0.2, 0.25) is 5.91 Å². The van der Waals surface area contributed by atoms with Crippen LogP contribution in [0.5, 0.6) is 5.75 Å². The van der Waals surface area contributed by atoms with Crippen LogP contribution >= 0.6 is 0 Å². The quantitative estimate of drug-likeness (QED) is 0.871. The number of rotatable bonds is 2. The smallest absolute Gasteiger partial charge is 0.227 e. The van der Waals surface area contributed by atoms with Gasteiger partial charge < -0.3 is 10.1 Å². The molecule has 1 atom stereocenters. The molecule has 0 saturated heterocycles. The van der Waals surface area contributed by atoms with E-state index in [9.17, 15) is 4.79 Å². The van der Waals surface area contributed by atoms with Gasteiger partial charge >= 0.3 is 0 Å². The number of hydrogen-bond acceptors (Lipinski definition) is 2. The zero-order valence-corrected chi connectivity index (χ0v) is 11.5. The van der Waals surface area contributed by atoms with E-state index < -0.39 is 0 Å². The van der Waals surface area contributed by atoms with Crippen LogP contribution in [0.3, 0.4) is 0 Å². The highest BCUT2D eigenvalue weighted by Gasteiger charge is 2.29. The summed E-state index contributed by atoms with van der Waals surface area (Å²) in [5.41, 5.74) is 2.26. The molecule has 0 aliphatic carbocycles. The monoisotopic (exact) mass is 247 g/mol. The topological polar surface area (TPSA) is 38.3 Å². The lowest BCUT2D eigenvalue weighted by Crippen LogP contribution is -2.32. The van der Waals surface area contributed by atoms with Crippen LogP contribution in [0, 0.1) is 11.3 Å². The van der Waals surface area contributed by atoms with Crippen molar-refractivity contribution < 1.29 is 9.53 Å². The molecule has 3 nitrogen and oxygen atoms in total. The number of carbonyl (C=O) groups excluding carboxylic acids is 1. The Kier molecular flexibility index (Phi) is 3.33. The third-order valence-electron chi connectivity index (χ3n) is 3.27. The van der Waals surface area contributed by atoms with Crippen LogP contribution in [0.25, 0.3) is 0 Å². The maximum absolute atomic E-state index is 12.1. The van der Waals surface area contributed by atoms with Crippen molar-refractivity contribution in [1.29, 1.82) is 0 Å². The molecule has 1 aromatic carbocycles. The number of benzene rings is 1. The number of nitrogens with one attached hydrogen (secondary N) is 1. The van der Waals surface area contributed by atoms with Crippen molar-refractivity contribution in [3.63, 3.8) is 0 Å². The van der Waals surface area contributed by atoms with Crippen LogP contribution in [0.2, 0.25) is 0 Å². The van der Waals surface area contributed by atoms with Gasteiger partial charge in [-0.1, -0.05) is 26.8 Å². The molecule has 1 N–H and O–H groups in total. The summed E-state index contributed by atoms with van der Waals surface area (Å²) in [6.07, 6.45) is 1.73. The molecule has 0 saturated carbocycles. The molecule has 1 aliphatic rings. The zero-order valence-electron chi connectivity index (χ0n) is 11.5. The van der Waals surface area contributed by atoms with Crippen LogP contribution in [-0.2, 0) is 11.2 Å². The van der Waals surface area contributed by atoms with Crippen LogP contribution in [0.4, 0.5) is 5.69 Å². The van der Waals surface area contributed by atoms with Crippen molar-refractivity contribution in [3.8, 4) is 5.75 Å². The second-order valence-electron chi connectivity index (χ2n) is 6.18. The van der Waals surface area contributed by atoms with E-state index in [0.29, 0.717) is 0 Å². The molecule has 0 spiro atoms. The van der Waals surface area contributed by atoms with Crippen molar-refractivity contribution in [2.24, 2.45) is 11.3 Å². The lowest BCUT2D eigenvalue weighted by Gasteiger charge is -2.29. The number of ether oxygens (including phenoxy) is 1. The van der Waals surface area contributed by atoms with Gasteiger partial charge in [-0.05, 0) is 29.9 Å². The van der Waals surface area contributed by atoms with E-state index in [0.717, 1.165) is 24.3 Å². The minimum atomic E-state index is 0.0749. The average molecular weight is 247 g/mol. The van der Waals surface area contributed by atoms with E-state index in [1.165, 1.54) is 5.56 Å². The summed E-state index contributed by atoms with van der Waals surface area (Å²) in [6.45, 7) is 6.51. The van der Waals surface area contributed by atoms with Crippen molar-refractivity contribution in [3.05, 3.63) is 23.8 Å². The predicted octanol–water partition coefficient (Wildman–Crippen LogP) is 3.24. The Labute approximate surface area is 109 Å². The standard InChI is InChI=1S/C15H21NO2/c1-15(2,3)9-11-7-10-5-6-12(18-4)8-13(10)16-14(11)17/h5-6,8,11H,7,9H2,1-4H3,(H,16,17). The van der Waals surface area contributed by atoms with E-state index in [1.54, 1.807) is 7.11 Å². The summed E-state index contributed by atoms with van der Waals surface area (Å²) >= 11 is 0. The normalized spacial score (nSPS) is 19.1. The first-order chi connectivity index (χ1) is 8.39. The van der Waals surface area contributed by atoms with Crippen molar-refractivity contribution >= 4 is 11.6 Å². The summed E-state index contributed by atoms with van der Waals surface area (Å²) in [7, 11) is 1.63. The Bertz CT molecular complexity index is 460. The molecule has 0 radical (unpaired) electrons. The first-order valence-electron chi connectivity index (χ1n) is 6.37. The number of carbonyl (C=O) groups is 1. The van der Waals surface area contributed by atoms with Gasteiger partial charge in [-0.2, -0.15) is 0 Å². The average Bonchev–Trinajstić information content (AvgIpc) is 2.27. The van der Waals surface area contributed by atoms with E-state index in [2.05, 4.69) is 26.1 Å². The molecule has 1 aliphatic heterocycles. The molecule has 0 fully saturated rings. The number of anilines is 1.